The SMILES string of the molecule is COCCN(c1ccc(C(=O)O)cc1F)C(C)COC. The van der Waals surface area contributed by atoms with Crippen LogP contribution in [0.4, 0.5) is 10.1 Å². The lowest BCUT2D eigenvalue weighted by molar-refractivity contribution is 0.0696. The Morgan fingerprint density at radius 2 is 2.10 bits per heavy atom. The van der Waals surface area contributed by atoms with Crippen LogP contribution in [0, 0.1) is 5.82 Å². The van der Waals surface area contributed by atoms with Crippen molar-refractivity contribution < 1.29 is 23.8 Å². The second-order valence-corrected chi connectivity index (χ2v) is 4.46. The molecule has 1 aromatic carbocycles. The summed E-state index contributed by atoms with van der Waals surface area (Å²) >= 11 is 0. The molecule has 0 saturated heterocycles. The Hall–Kier alpha value is -1.66. The van der Waals surface area contributed by atoms with E-state index in [9.17, 15) is 9.18 Å². The zero-order chi connectivity index (χ0) is 15.1. The molecule has 0 aliphatic rings. The minimum Gasteiger partial charge on any atom is -0.478 e. The Kier molecular flexibility index (Phi) is 6.41. The molecule has 0 spiro atoms. The molecule has 0 aliphatic heterocycles. The molecule has 1 N–H and O–H groups in total. The molecule has 0 bridgehead atoms. The van der Waals surface area contributed by atoms with Gasteiger partial charge in [-0.1, -0.05) is 0 Å². The Balaban J connectivity index is 3.03. The molecule has 6 heteroatoms. The van der Waals surface area contributed by atoms with E-state index >= 15 is 0 Å². The van der Waals surface area contributed by atoms with Crippen molar-refractivity contribution in [1.82, 2.24) is 0 Å². The monoisotopic (exact) mass is 285 g/mol. The number of halogens is 1. The van der Waals surface area contributed by atoms with E-state index in [0.717, 1.165) is 6.07 Å². The van der Waals surface area contributed by atoms with Crippen LogP contribution in [-0.2, 0) is 9.47 Å². The summed E-state index contributed by atoms with van der Waals surface area (Å²) in [5.74, 6) is -1.72. The first kappa shape index (κ1) is 16.4. The average molecular weight is 285 g/mol. The molecule has 1 atom stereocenters. The van der Waals surface area contributed by atoms with Crippen LogP contribution >= 0.6 is 0 Å². The summed E-state index contributed by atoms with van der Waals surface area (Å²) in [7, 11) is 3.15. The van der Waals surface area contributed by atoms with Gasteiger partial charge in [0.05, 0.1) is 24.5 Å². The molecule has 0 aromatic heterocycles. The molecule has 1 unspecified atom stereocenters. The topological polar surface area (TPSA) is 59.0 Å². The number of nitrogens with zero attached hydrogens (tertiary/aromatic N) is 1. The highest BCUT2D eigenvalue weighted by molar-refractivity contribution is 5.88. The molecule has 1 aromatic rings. The number of carboxylic acid groups (broad SMARTS) is 1. The second-order valence-electron chi connectivity index (χ2n) is 4.46. The van der Waals surface area contributed by atoms with Crippen molar-refractivity contribution in [3.8, 4) is 0 Å². The maximum Gasteiger partial charge on any atom is 0.335 e. The Morgan fingerprint density at radius 3 is 2.60 bits per heavy atom. The van der Waals surface area contributed by atoms with Gasteiger partial charge in [0.1, 0.15) is 5.82 Å². The molecular formula is C14H20FNO4. The fourth-order valence-electron chi connectivity index (χ4n) is 1.97. The smallest absolute Gasteiger partial charge is 0.335 e. The molecule has 0 aliphatic carbocycles. The van der Waals surface area contributed by atoms with Crippen molar-refractivity contribution in [2.24, 2.45) is 0 Å². The van der Waals surface area contributed by atoms with E-state index in [1.54, 1.807) is 19.1 Å². The van der Waals surface area contributed by atoms with E-state index in [2.05, 4.69) is 0 Å². The van der Waals surface area contributed by atoms with Crippen molar-refractivity contribution in [3.63, 3.8) is 0 Å². The van der Waals surface area contributed by atoms with Gasteiger partial charge in [0, 0.05) is 26.8 Å². The standard InChI is InChI=1S/C14H20FNO4/c1-10(9-20-3)16(6-7-19-2)13-5-4-11(14(17)18)8-12(13)15/h4-5,8,10H,6-7,9H2,1-3H3,(H,17,18). The van der Waals surface area contributed by atoms with Gasteiger partial charge in [-0.05, 0) is 25.1 Å². The third-order valence-electron chi connectivity index (χ3n) is 2.98. The highest BCUT2D eigenvalue weighted by Crippen LogP contribution is 2.22. The van der Waals surface area contributed by atoms with Crippen LogP contribution in [0.25, 0.3) is 0 Å². The van der Waals surface area contributed by atoms with Gasteiger partial charge in [0.2, 0.25) is 0 Å². The van der Waals surface area contributed by atoms with E-state index in [1.165, 1.54) is 12.1 Å². The molecule has 112 valence electrons. The molecule has 0 heterocycles. The summed E-state index contributed by atoms with van der Waals surface area (Å²) in [5.41, 5.74) is 0.272. The van der Waals surface area contributed by atoms with Crippen molar-refractivity contribution in [1.29, 1.82) is 0 Å². The number of rotatable bonds is 8. The number of hydrogen-bond donors (Lipinski definition) is 1. The lowest BCUT2D eigenvalue weighted by Gasteiger charge is -2.31. The van der Waals surface area contributed by atoms with Gasteiger partial charge >= 0.3 is 5.97 Å². The molecule has 0 radical (unpaired) electrons. The predicted octanol–water partition coefficient (Wildman–Crippen LogP) is 2.01. The zero-order valence-electron chi connectivity index (χ0n) is 11.9. The van der Waals surface area contributed by atoms with Crippen LogP contribution in [0.2, 0.25) is 0 Å². The van der Waals surface area contributed by atoms with E-state index in [4.69, 9.17) is 14.6 Å². The number of anilines is 1. The van der Waals surface area contributed by atoms with Gasteiger partial charge in [-0.15, -0.1) is 0 Å². The lowest BCUT2D eigenvalue weighted by Crippen LogP contribution is -2.39. The van der Waals surface area contributed by atoms with Gasteiger partial charge in [0.25, 0.3) is 0 Å². The highest BCUT2D eigenvalue weighted by Gasteiger charge is 2.19. The zero-order valence-corrected chi connectivity index (χ0v) is 11.9. The molecule has 5 nitrogen and oxygen atoms in total. The molecule has 20 heavy (non-hydrogen) atoms. The largest absolute Gasteiger partial charge is 0.478 e. The van der Waals surface area contributed by atoms with Gasteiger partial charge in [0.15, 0.2) is 0 Å². The van der Waals surface area contributed by atoms with Crippen molar-refractivity contribution in [3.05, 3.63) is 29.6 Å². The van der Waals surface area contributed by atoms with Crippen LogP contribution in [0.5, 0.6) is 0 Å². The van der Waals surface area contributed by atoms with Crippen molar-refractivity contribution >= 4 is 11.7 Å². The molecular weight excluding hydrogens is 265 g/mol. The number of hydrogen-bond acceptors (Lipinski definition) is 4. The first-order chi connectivity index (χ1) is 9.51. The molecule has 0 amide bonds. The van der Waals surface area contributed by atoms with E-state index in [-0.39, 0.29) is 11.6 Å². The first-order valence-electron chi connectivity index (χ1n) is 6.28. The van der Waals surface area contributed by atoms with Crippen LogP contribution in [0.3, 0.4) is 0 Å². The molecule has 0 saturated carbocycles. The summed E-state index contributed by atoms with van der Waals surface area (Å²) in [6.45, 7) is 3.27. The van der Waals surface area contributed by atoms with Gasteiger partial charge in [-0.25, -0.2) is 9.18 Å². The normalized spacial score (nSPS) is 12.2. The van der Waals surface area contributed by atoms with Crippen LogP contribution in [0.1, 0.15) is 17.3 Å². The Morgan fingerprint density at radius 1 is 1.40 bits per heavy atom. The maximum absolute atomic E-state index is 14.1. The second kappa shape index (κ2) is 7.81. The van der Waals surface area contributed by atoms with E-state index < -0.39 is 11.8 Å². The fraction of sp³-hybridized carbons (Fsp3) is 0.500. The third-order valence-corrected chi connectivity index (χ3v) is 2.98. The number of ether oxygens (including phenoxy) is 2. The Bertz CT molecular complexity index is 453. The van der Waals surface area contributed by atoms with Crippen LogP contribution in [0.15, 0.2) is 18.2 Å². The summed E-state index contributed by atoms with van der Waals surface area (Å²) in [6.07, 6.45) is 0. The van der Waals surface area contributed by atoms with E-state index in [0.29, 0.717) is 25.4 Å². The van der Waals surface area contributed by atoms with Crippen molar-refractivity contribution in [2.45, 2.75) is 13.0 Å². The van der Waals surface area contributed by atoms with Gasteiger partial charge in [-0.2, -0.15) is 0 Å². The quantitative estimate of drug-likeness (QED) is 0.791. The fourth-order valence-corrected chi connectivity index (χ4v) is 1.97. The summed E-state index contributed by atoms with van der Waals surface area (Å²) in [6, 6.07) is 3.83. The predicted molar refractivity (Wildman–Crippen MR) is 73.9 cm³/mol. The maximum atomic E-state index is 14.1. The third kappa shape index (κ3) is 4.18. The van der Waals surface area contributed by atoms with Crippen molar-refractivity contribution in [2.75, 3.05) is 38.9 Å². The summed E-state index contributed by atoms with van der Waals surface area (Å²) < 4.78 is 24.2. The molecule has 0 fully saturated rings. The van der Waals surface area contributed by atoms with E-state index in [1.807, 2.05) is 6.92 Å². The molecule has 1 rings (SSSR count). The number of carbonyl (C=O) groups is 1. The van der Waals surface area contributed by atoms with Crippen LogP contribution in [-0.4, -0.2) is 51.1 Å². The minimum absolute atomic E-state index is 0.0553. The Labute approximate surface area is 117 Å². The van der Waals surface area contributed by atoms with Crippen LogP contribution < -0.4 is 4.90 Å². The lowest BCUT2D eigenvalue weighted by atomic mass is 10.1. The first-order valence-corrected chi connectivity index (χ1v) is 6.28. The number of methoxy groups -OCH3 is 2. The summed E-state index contributed by atoms with van der Waals surface area (Å²) in [5, 5.41) is 8.85. The number of carboxylic acids is 1. The highest BCUT2D eigenvalue weighted by atomic mass is 19.1. The van der Waals surface area contributed by atoms with Gasteiger partial charge < -0.3 is 19.5 Å². The summed E-state index contributed by atoms with van der Waals surface area (Å²) in [4.78, 5) is 12.6. The average Bonchev–Trinajstić information content (AvgIpc) is 2.40. The number of aromatic carboxylic acids is 1. The minimum atomic E-state index is -1.15. The van der Waals surface area contributed by atoms with Gasteiger partial charge in [-0.3, -0.25) is 0 Å². The number of benzene rings is 1.